The zero-order chi connectivity index (χ0) is 8.08. The first kappa shape index (κ1) is 11.6. The van der Waals surface area contributed by atoms with Crippen LogP contribution in [0.2, 0.25) is 0 Å². The Morgan fingerprint density at radius 2 is 1.44 bits per heavy atom. The first-order valence-corrected chi connectivity index (χ1v) is 2.66. The molecule has 0 aliphatic rings. The van der Waals surface area contributed by atoms with Gasteiger partial charge in [-0.25, -0.2) is 0 Å². The van der Waals surface area contributed by atoms with E-state index in [9.17, 15) is 0 Å². The van der Waals surface area contributed by atoms with Crippen molar-refractivity contribution in [3.8, 4) is 0 Å². The van der Waals surface area contributed by atoms with Crippen molar-refractivity contribution >= 4 is 0 Å². The molecule has 4 nitrogen and oxygen atoms in total. The largest absolute Gasteiger partial charge is 0.376 e. The highest BCUT2D eigenvalue weighted by atomic mass is 17.0. The van der Waals surface area contributed by atoms with Gasteiger partial charge in [0.2, 0.25) is 0 Å². The van der Waals surface area contributed by atoms with Crippen molar-refractivity contribution in [1.82, 2.24) is 0 Å². The standard InChI is InChI=1S/C5H13NO.H2O2/c1-4(2)5(3,6)7;1-2/h4,7H,6H2,1-3H3;1-2H. The van der Waals surface area contributed by atoms with Crippen LogP contribution in [-0.2, 0) is 0 Å². The molecule has 5 N–H and O–H groups in total. The molecule has 0 heterocycles. The van der Waals surface area contributed by atoms with Gasteiger partial charge in [-0.1, -0.05) is 13.8 Å². The molecule has 0 aliphatic heterocycles. The van der Waals surface area contributed by atoms with Gasteiger partial charge in [0.15, 0.2) is 0 Å². The summed E-state index contributed by atoms with van der Waals surface area (Å²) in [5, 5.41) is 20.9. The van der Waals surface area contributed by atoms with Crippen molar-refractivity contribution in [2.45, 2.75) is 26.5 Å². The second kappa shape index (κ2) is 4.69. The van der Waals surface area contributed by atoms with E-state index in [-0.39, 0.29) is 5.92 Å². The summed E-state index contributed by atoms with van der Waals surface area (Å²) in [4.78, 5) is 0. The molecule has 0 bridgehead atoms. The molecule has 0 fully saturated rings. The van der Waals surface area contributed by atoms with Gasteiger partial charge in [-0.2, -0.15) is 0 Å². The summed E-state index contributed by atoms with van der Waals surface area (Å²) in [6, 6.07) is 0. The highest BCUT2D eigenvalue weighted by Crippen LogP contribution is 2.06. The molecule has 1 unspecified atom stereocenters. The monoisotopic (exact) mass is 137 g/mol. The first-order valence-electron chi connectivity index (χ1n) is 2.66. The number of hydrogen-bond acceptors (Lipinski definition) is 4. The summed E-state index contributed by atoms with van der Waals surface area (Å²) in [6.07, 6.45) is 0. The van der Waals surface area contributed by atoms with Gasteiger partial charge >= 0.3 is 0 Å². The molecule has 58 valence electrons. The molecular formula is C5H15NO3. The van der Waals surface area contributed by atoms with Crippen LogP contribution in [0.4, 0.5) is 0 Å². The van der Waals surface area contributed by atoms with Crippen LogP contribution < -0.4 is 5.73 Å². The van der Waals surface area contributed by atoms with Crippen LogP contribution in [0.15, 0.2) is 0 Å². The number of aliphatic hydroxyl groups is 1. The zero-order valence-electron chi connectivity index (χ0n) is 6.00. The van der Waals surface area contributed by atoms with Crippen molar-refractivity contribution in [3.05, 3.63) is 0 Å². The van der Waals surface area contributed by atoms with Gasteiger partial charge in [0, 0.05) is 0 Å². The molecule has 0 aromatic carbocycles. The lowest BCUT2D eigenvalue weighted by molar-refractivity contribution is -0.176. The first-order chi connectivity index (χ1) is 3.94. The summed E-state index contributed by atoms with van der Waals surface area (Å²) in [7, 11) is 0. The van der Waals surface area contributed by atoms with Crippen LogP contribution in [-0.4, -0.2) is 21.3 Å². The van der Waals surface area contributed by atoms with Crippen LogP contribution in [0.3, 0.4) is 0 Å². The van der Waals surface area contributed by atoms with Crippen molar-refractivity contribution in [2.24, 2.45) is 11.7 Å². The van der Waals surface area contributed by atoms with Crippen LogP contribution in [0.5, 0.6) is 0 Å². The van der Waals surface area contributed by atoms with Gasteiger partial charge in [-0.15, -0.1) is 0 Å². The molecule has 0 spiro atoms. The predicted octanol–water partition coefficient (Wildman–Crippen LogP) is 0.327. The van der Waals surface area contributed by atoms with E-state index in [2.05, 4.69) is 0 Å². The molecule has 0 aromatic rings. The van der Waals surface area contributed by atoms with Crippen molar-refractivity contribution in [1.29, 1.82) is 0 Å². The quantitative estimate of drug-likeness (QED) is 0.238. The third-order valence-electron chi connectivity index (χ3n) is 1.17. The maximum atomic E-state index is 8.87. The van der Waals surface area contributed by atoms with Gasteiger partial charge in [-0.05, 0) is 12.8 Å². The van der Waals surface area contributed by atoms with Crippen LogP contribution in [0.25, 0.3) is 0 Å². The minimum Gasteiger partial charge on any atom is -0.376 e. The van der Waals surface area contributed by atoms with Crippen molar-refractivity contribution in [3.63, 3.8) is 0 Å². The van der Waals surface area contributed by atoms with E-state index in [1.54, 1.807) is 6.92 Å². The zero-order valence-corrected chi connectivity index (χ0v) is 6.00. The Morgan fingerprint density at radius 1 is 1.33 bits per heavy atom. The highest BCUT2D eigenvalue weighted by molar-refractivity contribution is 4.65. The molecule has 0 rings (SSSR count). The van der Waals surface area contributed by atoms with E-state index in [0.29, 0.717) is 0 Å². The average Bonchev–Trinajstić information content (AvgIpc) is 1.69. The van der Waals surface area contributed by atoms with E-state index in [4.69, 9.17) is 21.4 Å². The molecule has 9 heavy (non-hydrogen) atoms. The second-order valence-corrected chi connectivity index (χ2v) is 2.38. The summed E-state index contributed by atoms with van der Waals surface area (Å²) in [5.41, 5.74) is 4.23. The summed E-state index contributed by atoms with van der Waals surface area (Å²) in [5.74, 6) is 0.132. The van der Waals surface area contributed by atoms with Crippen LogP contribution in [0.1, 0.15) is 20.8 Å². The molecule has 0 radical (unpaired) electrons. The van der Waals surface area contributed by atoms with E-state index in [1.807, 2.05) is 13.8 Å². The van der Waals surface area contributed by atoms with Crippen LogP contribution in [0, 0.1) is 5.92 Å². The Hall–Kier alpha value is -0.160. The van der Waals surface area contributed by atoms with Gasteiger partial charge in [0.1, 0.15) is 5.72 Å². The minimum absolute atomic E-state index is 0.132. The molecule has 1 atom stereocenters. The lowest BCUT2D eigenvalue weighted by atomic mass is 10.0. The molecule has 4 heteroatoms. The number of hydrogen-bond donors (Lipinski definition) is 4. The van der Waals surface area contributed by atoms with E-state index < -0.39 is 5.72 Å². The number of rotatable bonds is 1. The fourth-order valence-electron chi connectivity index (χ4n) is 0. The van der Waals surface area contributed by atoms with Crippen molar-refractivity contribution in [2.75, 3.05) is 0 Å². The summed E-state index contributed by atoms with van der Waals surface area (Å²) in [6.45, 7) is 5.34. The van der Waals surface area contributed by atoms with Crippen molar-refractivity contribution < 1.29 is 15.6 Å². The summed E-state index contributed by atoms with van der Waals surface area (Å²) < 4.78 is 0. The van der Waals surface area contributed by atoms with E-state index >= 15 is 0 Å². The fourth-order valence-corrected chi connectivity index (χ4v) is 0. The van der Waals surface area contributed by atoms with Gasteiger partial charge in [0.05, 0.1) is 0 Å². The third-order valence-corrected chi connectivity index (χ3v) is 1.17. The Kier molecular flexibility index (Phi) is 6.06. The fraction of sp³-hybridized carbons (Fsp3) is 1.00. The minimum atomic E-state index is -1.00. The molecule has 0 saturated carbocycles. The average molecular weight is 137 g/mol. The molecule has 0 aliphatic carbocycles. The Balaban J connectivity index is 0. The molecular weight excluding hydrogens is 122 g/mol. The summed E-state index contributed by atoms with van der Waals surface area (Å²) >= 11 is 0. The van der Waals surface area contributed by atoms with Gasteiger partial charge < -0.3 is 10.8 Å². The van der Waals surface area contributed by atoms with E-state index in [1.165, 1.54) is 0 Å². The van der Waals surface area contributed by atoms with Crippen LogP contribution >= 0.6 is 0 Å². The topological polar surface area (TPSA) is 86.7 Å². The third kappa shape index (κ3) is 7.84. The Labute approximate surface area is 54.9 Å². The molecule has 0 saturated heterocycles. The smallest absolute Gasteiger partial charge is 0.113 e. The SMILES string of the molecule is CC(C)C(C)(N)O.OO. The maximum Gasteiger partial charge on any atom is 0.113 e. The predicted molar refractivity (Wildman–Crippen MR) is 34.9 cm³/mol. The maximum absolute atomic E-state index is 8.87. The Bertz CT molecular complexity index is 57.7. The normalized spacial score (nSPS) is 16.0. The Morgan fingerprint density at radius 3 is 1.44 bits per heavy atom. The molecule has 0 aromatic heterocycles. The number of nitrogens with two attached hydrogens (primary N) is 1. The second-order valence-electron chi connectivity index (χ2n) is 2.38. The lowest BCUT2D eigenvalue weighted by Crippen LogP contribution is -2.41. The van der Waals surface area contributed by atoms with Gasteiger partial charge in [0.25, 0.3) is 0 Å². The lowest BCUT2D eigenvalue weighted by Gasteiger charge is -2.20. The highest BCUT2D eigenvalue weighted by Gasteiger charge is 2.16. The molecule has 0 amide bonds. The van der Waals surface area contributed by atoms with Gasteiger partial charge in [-0.3, -0.25) is 10.5 Å². The van der Waals surface area contributed by atoms with E-state index in [0.717, 1.165) is 0 Å².